The zero-order valence-corrected chi connectivity index (χ0v) is 6.04. The van der Waals surface area contributed by atoms with Crippen LogP contribution in [-0.4, -0.2) is 18.2 Å². The van der Waals surface area contributed by atoms with Gasteiger partial charge in [0.25, 0.3) is 0 Å². The molecule has 0 fully saturated rings. The van der Waals surface area contributed by atoms with E-state index in [2.05, 4.69) is 0 Å². The van der Waals surface area contributed by atoms with Crippen molar-refractivity contribution in [2.45, 2.75) is 12.5 Å². The van der Waals surface area contributed by atoms with Crippen molar-refractivity contribution in [2.75, 3.05) is 6.16 Å². The summed E-state index contributed by atoms with van der Waals surface area (Å²) in [5, 5.41) is 9.88. The zero-order valence-electron chi connectivity index (χ0n) is 5.15. The molecule has 2 unspecified atom stereocenters. The molecule has 0 bridgehead atoms. The Bertz CT molecular complexity index is 148. The summed E-state index contributed by atoms with van der Waals surface area (Å²) in [6.45, 7) is 0. The summed E-state index contributed by atoms with van der Waals surface area (Å²) in [4.78, 5) is 19.8. The minimum Gasteiger partial charge on any atom is -0.596 e. The number of hydrogen-bond donors (Lipinski definition) is 1. The van der Waals surface area contributed by atoms with Crippen LogP contribution in [0.2, 0.25) is 0 Å². The van der Waals surface area contributed by atoms with Gasteiger partial charge in [-0.2, -0.15) is 0 Å². The van der Waals surface area contributed by atoms with Gasteiger partial charge in [-0.3, -0.25) is 0 Å². The third-order valence-corrected chi connectivity index (χ3v) is 1.55. The second-order valence-corrected chi connectivity index (χ2v) is 2.88. The first-order chi connectivity index (χ1) is 4.54. The van der Waals surface area contributed by atoms with Crippen molar-refractivity contribution < 1.29 is 19.4 Å². The summed E-state index contributed by atoms with van der Waals surface area (Å²) in [7, 11) is -2.53. The molecule has 58 valence electrons. The fourth-order valence-electron chi connectivity index (χ4n) is 0.362. The average Bonchev–Trinajstić information content (AvgIpc) is 1.82. The molecule has 0 aliphatic heterocycles. The van der Waals surface area contributed by atoms with Crippen LogP contribution in [0.25, 0.3) is 0 Å². The van der Waals surface area contributed by atoms with Crippen LogP contribution in [0.4, 0.5) is 0 Å². The predicted molar refractivity (Wildman–Crippen MR) is 30.1 cm³/mol. The summed E-state index contributed by atoms with van der Waals surface area (Å²) in [6, 6.07) is -1.17. The normalized spacial score (nSPS) is 14.4. The Hall–Kier alpha value is -0.510. The Balaban J connectivity index is 3.49. The van der Waals surface area contributed by atoms with Gasteiger partial charge in [0.2, 0.25) is 0 Å². The summed E-state index contributed by atoms with van der Waals surface area (Å²) < 4.78 is 9.89. The smallest absolute Gasteiger partial charge is 0.308 e. The third-order valence-electron chi connectivity index (χ3n) is 0.925. The van der Waals surface area contributed by atoms with Gasteiger partial charge < -0.3 is 20.5 Å². The van der Waals surface area contributed by atoms with Crippen LogP contribution in [0.5, 0.6) is 0 Å². The number of nitrogens with two attached hydrogens (primary N) is 1. The quantitative estimate of drug-likeness (QED) is 0.464. The van der Waals surface area contributed by atoms with E-state index in [1.54, 1.807) is 0 Å². The topological polar surface area (TPSA) is 106 Å². The highest BCUT2D eigenvalue weighted by Crippen LogP contribution is 2.08. The van der Waals surface area contributed by atoms with Crippen LogP contribution in [0.3, 0.4) is 0 Å². The van der Waals surface area contributed by atoms with Crippen molar-refractivity contribution >= 4 is 14.0 Å². The maximum atomic E-state index is 9.89. The van der Waals surface area contributed by atoms with E-state index in [4.69, 9.17) is 5.73 Å². The molecule has 0 saturated heterocycles. The minimum absolute atomic E-state index is 0.0823. The highest BCUT2D eigenvalue weighted by atomic mass is 31.1. The van der Waals surface area contributed by atoms with Gasteiger partial charge in [0.05, 0.1) is 5.97 Å². The summed E-state index contributed by atoms with van der Waals surface area (Å²) in [5.74, 6) is -1.42. The highest BCUT2D eigenvalue weighted by Gasteiger charge is 2.07. The lowest BCUT2D eigenvalue weighted by Gasteiger charge is -2.08. The number of rotatable bonds is 4. The van der Waals surface area contributed by atoms with Crippen LogP contribution in [0.1, 0.15) is 6.42 Å². The van der Waals surface area contributed by atoms with Gasteiger partial charge in [-0.25, -0.2) is 0 Å². The fourth-order valence-corrected chi connectivity index (χ4v) is 0.851. The first-order valence-electron chi connectivity index (χ1n) is 2.62. The zero-order chi connectivity index (χ0) is 8.15. The lowest BCUT2D eigenvalue weighted by Crippen LogP contribution is -2.42. The third kappa shape index (κ3) is 4.38. The van der Waals surface area contributed by atoms with E-state index in [-0.39, 0.29) is 12.6 Å². The molecule has 5 nitrogen and oxygen atoms in total. The Morgan fingerprint density at radius 3 is 2.50 bits per heavy atom. The molecule has 6 heteroatoms. The van der Waals surface area contributed by atoms with Crippen LogP contribution in [0, 0.1) is 0 Å². The van der Waals surface area contributed by atoms with Crippen molar-refractivity contribution in [3.63, 3.8) is 0 Å². The molecule has 0 radical (unpaired) electrons. The molecular weight excluding hydrogens is 157 g/mol. The molecule has 0 saturated carbocycles. The molecule has 0 aliphatic rings. The molecule has 0 amide bonds. The molecule has 2 atom stereocenters. The van der Waals surface area contributed by atoms with Gasteiger partial charge in [0.15, 0.2) is 0 Å². The molecular formula is C4H7NO4P-. The molecule has 0 spiro atoms. The van der Waals surface area contributed by atoms with Crippen LogP contribution < -0.4 is 15.7 Å². The number of carboxylic acids is 1. The number of carboxylic acid groups (broad SMARTS) is 1. The van der Waals surface area contributed by atoms with Gasteiger partial charge in [-0.15, -0.1) is 0 Å². The second-order valence-electron chi connectivity index (χ2n) is 1.77. The van der Waals surface area contributed by atoms with Gasteiger partial charge in [0, 0.05) is 12.5 Å². The van der Waals surface area contributed by atoms with E-state index < -0.39 is 20.0 Å². The summed E-state index contributed by atoms with van der Waals surface area (Å²) in [5.41, 5.74) is 4.94. The van der Waals surface area contributed by atoms with Crippen molar-refractivity contribution in [2.24, 2.45) is 5.73 Å². The highest BCUT2D eigenvalue weighted by molar-refractivity contribution is 7.36. The van der Waals surface area contributed by atoms with Crippen molar-refractivity contribution in [1.82, 2.24) is 0 Å². The second kappa shape index (κ2) is 4.33. The van der Waals surface area contributed by atoms with E-state index in [9.17, 15) is 19.4 Å². The predicted octanol–water partition coefficient (Wildman–Crippen LogP) is -2.44. The number of aliphatic carboxylic acids is 1. The van der Waals surface area contributed by atoms with E-state index in [1.165, 1.54) is 0 Å². The molecule has 2 N–H and O–H groups in total. The SMILES string of the molecule is NC(CC[P+](=O)[O-])C(=O)[O-]. The van der Waals surface area contributed by atoms with Crippen molar-refractivity contribution in [1.29, 1.82) is 0 Å². The molecule has 0 aromatic carbocycles. The number of carbonyl (C=O) groups excluding carboxylic acids is 1. The van der Waals surface area contributed by atoms with Crippen LogP contribution in [-0.2, 0) is 9.36 Å². The lowest BCUT2D eigenvalue weighted by molar-refractivity contribution is -0.307. The average molecular weight is 164 g/mol. The molecule has 0 aliphatic carbocycles. The van der Waals surface area contributed by atoms with Crippen LogP contribution >= 0.6 is 8.03 Å². The van der Waals surface area contributed by atoms with Crippen molar-refractivity contribution in [3.8, 4) is 0 Å². The van der Waals surface area contributed by atoms with E-state index in [0.717, 1.165) is 0 Å². The maximum absolute atomic E-state index is 9.89. The maximum Gasteiger partial charge on any atom is 0.308 e. The van der Waals surface area contributed by atoms with E-state index in [1.807, 2.05) is 0 Å². The first-order valence-corrected chi connectivity index (χ1v) is 3.98. The largest absolute Gasteiger partial charge is 0.596 e. The van der Waals surface area contributed by atoms with E-state index in [0.29, 0.717) is 0 Å². The minimum atomic E-state index is -2.53. The Morgan fingerprint density at radius 2 is 2.20 bits per heavy atom. The standard InChI is InChI=1S/C4H8NO4P/c5-3(4(6)7)1-2-10(8)9/h3H,1-2,5H2,(H,6,7)/p-1. The monoisotopic (exact) mass is 164 g/mol. The van der Waals surface area contributed by atoms with Gasteiger partial charge in [-0.1, -0.05) is 4.57 Å². The van der Waals surface area contributed by atoms with Gasteiger partial charge in [0.1, 0.15) is 6.16 Å². The van der Waals surface area contributed by atoms with E-state index >= 15 is 0 Å². The summed E-state index contributed by atoms with van der Waals surface area (Å²) >= 11 is 0. The molecule has 0 rings (SSSR count). The molecule has 0 heterocycles. The Labute approximate surface area is 58.7 Å². The lowest BCUT2D eigenvalue weighted by atomic mass is 10.2. The molecule has 10 heavy (non-hydrogen) atoms. The van der Waals surface area contributed by atoms with Gasteiger partial charge in [-0.05, 0) is 0 Å². The molecule has 0 aromatic heterocycles. The Kier molecular flexibility index (Phi) is 4.11. The summed E-state index contributed by atoms with van der Waals surface area (Å²) in [6.07, 6.45) is -0.286. The number of hydrogen-bond acceptors (Lipinski definition) is 5. The van der Waals surface area contributed by atoms with Crippen molar-refractivity contribution in [3.05, 3.63) is 0 Å². The number of carbonyl (C=O) groups is 1. The van der Waals surface area contributed by atoms with Gasteiger partial charge >= 0.3 is 8.03 Å². The molecule has 0 aromatic rings. The first kappa shape index (κ1) is 9.49. The fraction of sp³-hybridized carbons (Fsp3) is 0.750. The van der Waals surface area contributed by atoms with Crippen LogP contribution in [0.15, 0.2) is 0 Å². The Morgan fingerprint density at radius 1 is 1.70 bits per heavy atom.